The molecule has 103 valence electrons. The highest BCUT2D eigenvalue weighted by atomic mass is 14.5. The molecule has 17 heavy (non-hydrogen) atoms. The van der Waals surface area contributed by atoms with Crippen LogP contribution in [0.5, 0.6) is 0 Å². The maximum absolute atomic E-state index is 7.06. The first kappa shape index (κ1) is 17.0. The second-order valence-electron chi connectivity index (χ2n) is 5.82. The van der Waals surface area contributed by atoms with E-state index in [1.54, 1.807) is 0 Å². The standard InChI is InChI=1S/C16H34N/c1-16(2)14-12-10-8-6-4-3-5-7-9-11-13-15-17/h16-17H,3-15H2,1-2H3. The first-order valence-electron chi connectivity index (χ1n) is 7.92. The molecule has 1 N–H and O–H groups in total. The van der Waals surface area contributed by atoms with Crippen molar-refractivity contribution in [3.05, 3.63) is 0 Å². The average Bonchev–Trinajstić information content (AvgIpc) is 2.30. The van der Waals surface area contributed by atoms with Crippen LogP contribution in [0.15, 0.2) is 0 Å². The zero-order chi connectivity index (χ0) is 12.8. The van der Waals surface area contributed by atoms with Gasteiger partial charge in [-0.2, -0.15) is 0 Å². The number of hydrogen-bond donors (Lipinski definition) is 0. The molecule has 0 saturated carbocycles. The summed E-state index contributed by atoms with van der Waals surface area (Å²) < 4.78 is 0. The second kappa shape index (κ2) is 14.0. The van der Waals surface area contributed by atoms with Crippen molar-refractivity contribution in [3.8, 4) is 0 Å². The Hall–Kier alpha value is -0.0400. The molecule has 0 amide bonds. The molecule has 0 atom stereocenters. The summed E-state index contributed by atoms with van der Waals surface area (Å²) in [6, 6.07) is 0. The normalized spacial score (nSPS) is 11.3. The van der Waals surface area contributed by atoms with E-state index in [0.717, 1.165) is 12.3 Å². The van der Waals surface area contributed by atoms with Gasteiger partial charge in [-0.3, -0.25) is 5.73 Å². The number of unbranched alkanes of at least 4 members (excludes halogenated alkanes) is 10. The van der Waals surface area contributed by atoms with Crippen LogP contribution in [0.3, 0.4) is 0 Å². The van der Waals surface area contributed by atoms with Crippen LogP contribution in [-0.2, 0) is 0 Å². The van der Waals surface area contributed by atoms with Crippen LogP contribution in [0.25, 0.3) is 0 Å². The van der Waals surface area contributed by atoms with Crippen LogP contribution >= 0.6 is 0 Å². The molecule has 0 aromatic heterocycles. The van der Waals surface area contributed by atoms with Crippen LogP contribution in [0, 0.1) is 5.92 Å². The van der Waals surface area contributed by atoms with Gasteiger partial charge in [-0.05, 0) is 12.3 Å². The zero-order valence-corrected chi connectivity index (χ0v) is 12.3. The highest BCUT2D eigenvalue weighted by Gasteiger charge is 1.95. The SMILES string of the molecule is CC(C)CCCCCCCCCCCCC[NH]. The van der Waals surface area contributed by atoms with Crippen molar-refractivity contribution >= 4 is 0 Å². The number of rotatable bonds is 13. The third-order valence-corrected chi connectivity index (χ3v) is 3.46. The molecule has 0 aliphatic heterocycles. The van der Waals surface area contributed by atoms with Crippen molar-refractivity contribution in [1.29, 1.82) is 0 Å². The average molecular weight is 240 g/mol. The molecule has 0 saturated heterocycles. The third-order valence-electron chi connectivity index (χ3n) is 3.46. The first-order valence-corrected chi connectivity index (χ1v) is 7.92. The van der Waals surface area contributed by atoms with Gasteiger partial charge in [0.25, 0.3) is 0 Å². The van der Waals surface area contributed by atoms with Crippen molar-refractivity contribution in [2.24, 2.45) is 5.92 Å². The van der Waals surface area contributed by atoms with Crippen LogP contribution in [0.4, 0.5) is 0 Å². The van der Waals surface area contributed by atoms with Gasteiger partial charge in [0.1, 0.15) is 0 Å². The number of hydrogen-bond acceptors (Lipinski definition) is 0. The van der Waals surface area contributed by atoms with E-state index in [4.69, 9.17) is 5.73 Å². The fourth-order valence-corrected chi connectivity index (χ4v) is 2.27. The predicted molar refractivity (Wildman–Crippen MR) is 78.2 cm³/mol. The summed E-state index contributed by atoms with van der Waals surface area (Å²) in [6.07, 6.45) is 16.6. The lowest BCUT2D eigenvalue weighted by atomic mass is 10.0. The Labute approximate surface area is 110 Å². The Morgan fingerprint density at radius 1 is 0.588 bits per heavy atom. The topological polar surface area (TPSA) is 23.8 Å². The predicted octanol–water partition coefficient (Wildman–Crippen LogP) is 5.61. The zero-order valence-electron chi connectivity index (χ0n) is 12.3. The fraction of sp³-hybridized carbons (Fsp3) is 1.00. The lowest BCUT2D eigenvalue weighted by molar-refractivity contribution is 0.504. The van der Waals surface area contributed by atoms with Crippen molar-refractivity contribution in [3.63, 3.8) is 0 Å². The summed E-state index contributed by atoms with van der Waals surface area (Å²) in [6.45, 7) is 5.26. The molecule has 0 unspecified atom stereocenters. The van der Waals surface area contributed by atoms with Crippen molar-refractivity contribution in [2.45, 2.75) is 90.9 Å². The lowest BCUT2D eigenvalue weighted by Crippen LogP contribution is -1.87. The smallest absolute Gasteiger partial charge is 0.00997 e. The second-order valence-corrected chi connectivity index (χ2v) is 5.82. The molecule has 1 nitrogen and oxygen atoms in total. The molecule has 1 radical (unpaired) electrons. The number of nitrogens with one attached hydrogen (secondary N) is 1. The largest absolute Gasteiger partial charge is 0.258 e. The van der Waals surface area contributed by atoms with Crippen LogP contribution in [0.1, 0.15) is 90.9 Å². The molecule has 0 aromatic rings. The summed E-state index contributed by atoms with van der Waals surface area (Å²) in [7, 11) is 0. The van der Waals surface area contributed by atoms with Crippen LogP contribution in [0.2, 0.25) is 0 Å². The highest BCUT2D eigenvalue weighted by Crippen LogP contribution is 2.13. The lowest BCUT2D eigenvalue weighted by Gasteiger charge is -2.04. The highest BCUT2D eigenvalue weighted by molar-refractivity contribution is 4.50. The Kier molecular flexibility index (Phi) is 14.0. The van der Waals surface area contributed by atoms with E-state index in [2.05, 4.69) is 13.8 Å². The monoisotopic (exact) mass is 240 g/mol. The van der Waals surface area contributed by atoms with E-state index < -0.39 is 0 Å². The Morgan fingerprint density at radius 3 is 1.29 bits per heavy atom. The molecule has 0 heterocycles. The van der Waals surface area contributed by atoms with E-state index in [9.17, 15) is 0 Å². The van der Waals surface area contributed by atoms with Crippen molar-refractivity contribution in [2.75, 3.05) is 6.54 Å². The molecule has 0 aromatic carbocycles. The molecule has 0 aliphatic carbocycles. The Morgan fingerprint density at radius 2 is 0.941 bits per heavy atom. The van der Waals surface area contributed by atoms with Gasteiger partial charge in [-0.15, -0.1) is 0 Å². The minimum Gasteiger partial charge on any atom is -0.258 e. The molecule has 0 aliphatic rings. The Bertz CT molecular complexity index is 131. The van der Waals surface area contributed by atoms with Crippen molar-refractivity contribution in [1.82, 2.24) is 5.73 Å². The van der Waals surface area contributed by atoms with Crippen LogP contribution in [-0.4, -0.2) is 6.54 Å². The molecule has 0 bridgehead atoms. The van der Waals surface area contributed by atoms with Gasteiger partial charge in [-0.1, -0.05) is 84.5 Å². The van der Waals surface area contributed by atoms with Gasteiger partial charge in [0.2, 0.25) is 0 Å². The summed E-state index contributed by atoms with van der Waals surface area (Å²) in [5.74, 6) is 0.888. The van der Waals surface area contributed by atoms with Gasteiger partial charge >= 0.3 is 0 Å². The molecule has 0 rings (SSSR count). The maximum Gasteiger partial charge on any atom is 0.00997 e. The quantitative estimate of drug-likeness (QED) is 0.374. The minimum atomic E-state index is 0.621. The van der Waals surface area contributed by atoms with E-state index in [-0.39, 0.29) is 0 Å². The molecular weight excluding hydrogens is 206 g/mol. The summed E-state index contributed by atoms with van der Waals surface area (Å²) in [5.41, 5.74) is 7.06. The minimum absolute atomic E-state index is 0.621. The Balaban J connectivity index is 2.89. The van der Waals surface area contributed by atoms with Gasteiger partial charge < -0.3 is 0 Å². The fourth-order valence-electron chi connectivity index (χ4n) is 2.27. The molecule has 0 fully saturated rings. The first-order chi connectivity index (χ1) is 8.27. The summed E-state index contributed by atoms with van der Waals surface area (Å²) in [5, 5.41) is 0. The van der Waals surface area contributed by atoms with E-state index in [1.807, 2.05) is 0 Å². The van der Waals surface area contributed by atoms with E-state index in [0.29, 0.717) is 6.54 Å². The summed E-state index contributed by atoms with van der Waals surface area (Å²) >= 11 is 0. The van der Waals surface area contributed by atoms with Gasteiger partial charge in [0.15, 0.2) is 0 Å². The van der Waals surface area contributed by atoms with Gasteiger partial charge in [0, 0.05) is 6.54 Å². The van der Waals surface area contributed by atoms with Crippen LogP contribution < -0.4 is 5.73 Å². The maximum atomic E-state index is 7.06. The molecule has 1 heteroatoms. The molecular formula is C16H34N. The summed E-state index contributed by atoms with van der Waals surface area (Å²) in [4.78, 5) is 0. The third kappa shape index (κ3) is 16.0. The van der Waals surface area contributed by atoms with Gasteiger partial charge in [0.05, 0.1) is 0 Å². The van der Waals surface area contributed by atoms with E-state index >= 15 is 0 Å². The van der Waals surface area contributed by atoms with E-state index in [1.165, 1.54) is 70.6 Å². The van der Waals surface area contributed by atoms with Crippen molar-refractivity contribution < 1.29 is 0 Å². The molecule has 0 spiro atoms. The van der Waals surface area contributed by atoms with Gasteiger partial charge in [-0.25, -0.2) is 0 Å².